The molecule has 0 aromatic rings. The van der Waals surface area contributed by atoms with Gasteiger partial charge in [0, 0.05) is 11.5 Å². The largest absolute Gasteiger partial charge is 0.483 e. The van der Waals surface area contributed by atoms with E-state index >= 15 is 0 Å². The van der Waals surface area contributed by atoms with E-state index in [1.54, 1.807) is 0 Å². The van der Waals surface area contributed by atoms with Crippen LogP contribution in [0.15, 0.2) is 33.6 Å². The summed E-state index contributed by atoms with van der Waals surface area (Å²) in [6.45, 7) is 15.4. The summed E-state index contributed by atoms with van der Waals surface area (Å²) in [5, 5.41) is 0. The molecule has 0 aromatic carbocycles. The second-order valence-electron chi connectivity index (χ2n) is 5.63. The third-order valence-electron chi connectivity index (χ3n) is 4.49. The third-order valence-corrected chi connectivity index (χ3v) is 4.49. The molecule has 1 atom stereocenters. The highest BCUT2D eigenvalue weighted by Crippen LogP contribution is 2.48. The summed E-state index contributed by atoms with van der Waals surface area (Å²) >= 11 is 0. The lowest BCUT2D eigenvalue weighted by Gasteiger charge is -2.26. The van der Waals surface area contributed by atoms with E-state index in [9.17, 15) is 0 Å². The van der Waals surface area contributed by atoms with Crippen molar-refractivity contribution in [3.63, 3.8) is 0 Å². The fourth-order valence-electron chi connectivity index (χ4n) is 2.69. The minimum absolute atomic E-state index is 0.134. The van der Waals surface area contributed by atoms with Crippen LogP contribution in [-0.2, 0) is 4.74 Å². The highest BCUT2D eigenvalue weighted by Gasteiger charge is 2.40. The molecule has 1 aliphatic carbocycles. The normalized spacial score (nSPS) is 28.6. The first-order valence-corrected chi connectivity index (χ1v) is 6.06. The van der Waals surface area contributed by atoms with E-state index in [-0.39, 0.29) is 5.60 Å². The van der Waals surface area contributed by atoms with Gasteiger partial charge in [-0.25, -0.2) is 0 Å². The summed E-state index contributed by atoms with van der Waals surface area (Å²) < 4.78 is 6.14. The Kier molecular flexibility index (Phi) is 2.34. The Hall–Kier alpha value is -0.980. The Morgan fingerprint density at radius 1 is 1.00 bits per heavy atom. The maximum Gasteiger partial charge on any atom is 0.127 e. The summed E-state index contributed by atoms with van der Waals surface area (Å²) in [6, 6.07) is 0. The van der Waals surface area contributed by atoms with Crippen molar-refractivity contribution in [2.45, 2.75) is 54.1 Å². The predicted octanol–water partition coefficient (Wildman–Crippen LogP) is 4.37. The first kappa shape index (κ1) is 11.5. The maximum atomic E-state index is 6.14. The topological polar surface area (TPSA) is 9.23 Å². The zero-order valence-corrected chi connectivity index (χ0v) is 11.5. The highest BCUT2D eigenvalue weighted by molar-refractivity contribution is 5.55. The van der Waals surface area contributed by atoms with Crippen molar-refractivity contribution in [2.75, 3.05) is 0 Å². The zero-order valence-electron chi connectivity index (χ0n) is 11.5. The van der Waals surface area contributed by atoms with Crippen molar-refractivity contribution in [1.29, 1.82) is 0 Å². The summed E-state index contributed by atoms with van der Waals surface area (Å²) in [5.74, 6) is 1.64. The molecule has 1 aliphatic heterocycles. The van der Waals surface area contributed by atoms with Crippen LogP contribution in [0, 0.1) is 5.92 Å². The fraction of sp³-hybridized carbons (Fsp3) is 0.600. The Balaban J connectivity index is 2.68. The van der Waals surface area contributed by atoms with Crippen molar-refractivity contribution in [3.05, 3.63) is 33.6 Å². The Morgan fingerprint density at radius 2 is 1.56 bits per heavy atom. The summed E-state index contributed by atoms with van der Waals surface area (Å²) in [5.41, 5.74) is 6.88. The van der Waals surface area contributed by atoms with Gasteiger partial charge in [0.1, 0.15) is 11.4 Å². The fourth-order valence-corrected chi connectivity index (χ4v) is 2.69. The number of hydrogen-bond donors (Lipinski definition) is 0. The number of allylic oxidation sites excluding steroid dienone is 4. The van der Waals surface area contributed by atoms with Crippen molar-refractivity contribution >= 4 is 0 Å². The lowest BCUT2D eigenvalue weighted by Crippen LogP contribution is -2.20. The van der Waals surface area contributed by atoms with Crippen molar-refractivity contribution in [2.24, 2.45) is 5.92 Å². The second-order valence-corrected chi connectivity index (χ2v) is 5.63. The molecule has 0 saturated heterocycles. The van der Waals surface area contributed by atoms with Crippen LogP contribution in [0.5, 0.6) is 0 Å². The van der Waals surface area contributed by atoms with Gasteiger partial charge in [-0.1, -0.05) is 12.5 Å². The van der Waals surface area contributed by atoms with E-state index < -0.39 is 0 Å². The monoisotopic (exact) mass is 218 g/mol. The highest BCUT2D eigenvalue weighted by atomic mass is 16.5. The first-order chi connectivity index (χ1) is 7.27. The van der Waals surface area contributed by atoms with E-state index in [1.165, 1.54) is 27.9 Å². The van der Waals surface area contributed by atoms with Crippen molar-refractivity contribution in [3.8, 4) is 0 Å². The molecule has 0 bridgehead atoms. The molecule has 1 heterocycles. The molecule has 0 spiro atoms. The van der Waals surface area contributed by atoms with E-state index in [0.717, 1.165) is 5.76 Å². The molecule has 0 N–H and O–H groups in total. The van der Waals surface area contributed by atoms with Crippen LogP contribution in [-0.4, -0.2) is 5.60 Å². The van der Waals surface area contributed by atoms with Gasteiger partial charge in [-0.15, -0.1) is 0 Å². The van der Waals surface area contributed by atoms with Gasteiger partial charge in [0.15, 0.2) is 0 Å². The van der Waals surface area contributed by atoms with E-state index in [4.69, 9.17) is 4.74 Å². The van der Waals surface area contributed by atoms with Crippen LogP contribution in [0.2, 0.25) is 0 Å². The molecule has 1 unspecified atom stereocenters. The number of hydrogen-bond acceptors (Lipinski definition) is 1. The van der Waals surface area contributed by atoms with Gasteiger partial charge < -0.3 is 4.74 Å². The molecular weight excluding hydrogens is 196 g/mol. The molecule has 16 heavy (non-hydrogen) atoms. The molecule has 88 valence electrons. The van der Waals surface area contributed by atoms with Gasteiger partial charge in [0.2, 0.25) is 0 Å². The van der Waals surface area contributed by atoms with E-state index in [1.807, 2.05) is 0 Å². The van der Waals surface area contributed by atoms with Gasteiger partial charge in [-0.2, -0.15) is 0 Å². The molecule has 0 saturated carbocycles. The molecule has 2 aliphatic rings. The van der Waals surface area contributed by atoms with E-state index in [2.05, 4.69) is 48.5 Å². The Bertz CT molecular complexity index is 444. The molecule has 0 fully saturated rings. The van der Waals surface area contributed by atoms with Crippen LogP contribution in [0.3, 0.4) is 0 Å². The van der Waals surface area contributed by atoms with Crippen LogP contribution in [0.4, 0.5) is 0 Å². The summed E-state index contributed by atoms with van der Waals surface area (Å²) in [7, 11) is 0. The Labute approximate surface area is 98.9 Å². The average molecular weight is 218 g/mol. The van der Waals surface area contributed by atoms with Crippen LogP contribution >= 0.6 is 0 Å². The van der Waals surface area contributed by atoms with Gasteiger partial charge in [0.25, 0.3) is 0 Å². The maximum absolute atomic E-state index is 6.14. The first-order valence-electron chi connectivity index (χ1n) is 6.06. The van der Waals surface area contributed by atoms with Crippen LogP contribution < -0.4 is 0 Å². The second kappa shape index (κ2) is 3.26. The van der Waals surface area contributed by atoms with Gasteiger partial charge in [0.05, 0.1) is 0 Å². The molecule has 0 amide bonds. The number of ether oxygens (including phenoxy) is 1. The smallest absolute Gasteiger partial charge is 0.127 e. The van der Waals surface area contributed by atoms with Crippen molar-refractivity contribution < 1.29 is 4.74 Å². The van der Waals surface area contributed by atoms with Crippen molar-refractivity contribution in [1.82, 2.24) is 0 Å². The Morgan fingerprint density at radius 3 is 2.12 bits per heavy atom. The lowest BCUT2D eigenvalue weighted by atomic mass is 9.79. The molecule has 0 radical (unpaired) electrons. The molecule has 1 heteroatoms. The molecular formula is C15H22O. The third kappa shape index (κ3) is 1.30. The molecule has 2 rings (SSSR count). The molecule has 0 aromatic heterocycles. The quantitative estimate of drug-likeness (QED) is 0.586. The minimum Gasteiger partial charge on any atom is -0.483 e. The SMILES string of the molecule is CC1=C2OC(C)(C)C(C)=C2C(C)C(C)=C1C. The van der Waals surface area contributed by atoms with Gasteiger partial charge in [-0.3, -0.25) is 0 Å². The zero-order chi connectivity index (χ0) is 12.2. The minimum atomic E-state index is -0.134. The van der Waals surface area contributed by atoms with E-state index in [0.29, 0.717) is 5.92 Å². The molecule has 1 nitrogen and oxygen atoms in total. The summed E-state index contributed by atoms with van der Waals surface area (Å²) in [4.78, 5) is 0. The van der Waals surface area contributed by atoms with Gasteiger partial charge >= 0.3 is 0 Å². The summed E-state index contributed by atoms with van der Waals surface area (Å²) in [6.07, 6.45) is 0. The van der Waals surface area contributed by atoms with Crippen LogP contribution in [0.1, 0.15) is 48.5 Å². The standard InChI is InChI=1S/C15H22O/c1-8-9(2)11(4)14-13(10(8)3)12(5)15(6,7)16-14/h10H,1-7H3. The number of rotatable bonds is 0. The average Bonchev–Trinajstić information content (AvgIpc) is 2.45. The lowest BCUT2D eigenvalue weighted by molar-refractivity contribution is 0.0908. The van der Waals surface area contributed by atoms with Gasteiger partial charge in [-0.05, 0) is 58.3 Å². The van der Waals surface area contributed by atoms with Crippen LogP contribution in [0.25, 0.3) is 0 Å². The predicted molar refractivity (Wildman–Crippen MR) is 68.1 cm³/mol. The number of fused-ring (bicyclic) bond motifs is 1.